The number of carbonyl (C=O) groups excluding carboxylic acids is 1. The van der Waals surface area contributed by atoms with Crippen LogP contribution in [-0.4, -0.2) is 31.2 Å². The average molecular weight is 492 g/mol. The summed E-state index contributed by atoms with van der Waals surface area (Å²) in [5.74, 6) is 1.49. The van der Waals surface area contributed by atoms with E-state index in [1.165, 1.54) is 0 Å². The van der Waals surface area contributed by atoms with Crippen LogP contribution in [0.4, 0.5) is 0 Å². The molecule has 0 aliphatic carbocycles. The SMILES string of the molecule is Cc1c(Cl)c(Cl)c(C)c2c1OCC(C(=O)C1COc3c(C)c(Cl)c(Cl)c(C)c3O1)O2. The van der Waals surface area contributed by atoms with Gasteiger partial charge in [-0.05, 0) is 27.7 Å². The first-order chi connectivity index (χ1) is 14.1. The summed E-state index contributed by atoms with van der Waals surface area (Å²) < 4.78 is 23.6. The highest BCUT2D eigenvalue weighted by Crippen LogP contribution is 2.48. The Hall–Kier alpha value is -1.53. The molecule has 5 nitrogen and oxygen atoms in total. The Balaban J connectivity index is 1.61. The molecule has 0 radical (unpaired) electrons. The number of ether oxygens (including phenoxy) is 4. The van der Waals surface area contributed by atoms with Crippen LogP contribution in [0.3, 0.4) is 0 Å². The van der Waals surface area contributed by atoms with Crippen molar-refractivity contribution in [1.82, 2.24) is 0 Å². The van der Waals surface area contributed by atoms with E-state index in [9.17, 15) is 4.79 Å². The van der Waals surface area contributed by atoms with Crippen LogP contribution in [0.25, 0.3) is 0 Å². The Kier molecular flexibility index (Phi) is 5.69. The predicted octanol–water partition coefficient (Wildman–Crippen LogP) is 6.08. The van der Waals surface area contributed by atoms with Crippen LogP contribution >= 0.6 is 46.4 Å². The minimum absolute atomic E-state index is 0.0240. The maximum atomic E-state index is 13.1. The number of rotatable bonds is 2. The zero-order valence-corrected chi connectivity index (χ0v) is 19.6. The summed E-state index contributed by atoms with van der Waals surface area (Å²) in [6, 6.07) is 0. The van der Waals surface area contributed by atoms with Crippen LogP contribution in [-0.2, 0) is 4.79 Å². The highest BCUT2D eigenvalue weighted by molar-refractivity contribution is 6.43. The molecule has 2 atom stereocenters. The van der Waals surface area contributed by atoms with E-state index in [2.05, 4.69) is 0 Å². The lowest BCUT2D eigenvalue weighted by Gasteiger charge is -2.33. The molecule has 9 heteroatoms. The molecule has 2 heterocycles. The van der Waals surface area contributed by atoms with E-state index < -0.39 is 12.2 Å². The second-order valence-corrected chi connectivity index (χ2v) is 8.82. The average Bonchev–Trinajstić information content (AvgIpc) is 2.77. The summed E-state index contributed by atoms with van der Waals surface area (Å²) in [6.45, 7) is 7.14. The lowest BCUT2D eigenvalue weighted by molar-refractivity contribution is -0.137. The molecule has 160 valence electrons. The molecular weight excluding hydrogens is 474 g/mol. The monoisotopic (exact) mass is 490 g/mol. The van der Waals surface area contributed by atoms with Crippen molar-refractivity contribution >= 4 is 52.2 Å². The molecule has 0 amide bonds. The molecule has 0 bridgehead atoms. The molecule has 0 N–H and O–H groups in total. The van der Waals surface area contributed by atoms with Crippen molar-refractivity contribution < 1.29 is 23.7 Å². The minimum atomic E-state index is -0.882. The molecule has 0 spiro atoms. The van der Waals surface area contributed by atoms with Crippen LogP contribution in [0.2, 0.25) is 20.1 Å². The topological polar surface area (TPSA) is 54.0 Å². The lowest BCUT2D eigenvalue weighted by Crippen LogP contribution is -2.48. The first-order valence-electron chi connectivity index (χ1n) is 9.22. The first kappa shape index (κ1) is 21.7. The Morgan fingerprint density at radius 1 is 0.633 bits per heavy atom. The lowest BCUT2D eigenvalue weighted by atomic mass is 10.0. The molecule has 0 fully saturated rings. The summed E-state index contributed by atoms with van der Waals surface area (Å²) in [7, 11) is 0. The van der Waals surface area contributed by atoms with Crippen molar-refractivity contribution in [3.05, 3.63) is 42.3 Å². The summed E-state index contributed by atoms with van der Waals surface area (Å²) in [4.78, 5) is 13.1. The van der Waals surface area contributed by atoms with Gasteiger partial charge in [0, 0.05) is 22.3 Å². The van der Waals surface area contributed by atoms with Gasteiger partial charge in [-0.1, -0.05) is 46.4 Å². The number of hydrogen-bond acceptors (Lipinski definition) is 5. The summed E-state index contributed by atoms with van der Waals surface area (Å²) in [5, 5.41) is 1.55. The van der Waals surface area contributed by atoms with Crippen molar-refractivity contribution in [2.75, 3.05) is 13.2 Å². The van der Waals surface area contributed by atoms with Crippen molar-refractivity contribution in [1.29, 1.82) is 0 Å². The quantitative estimate of drug-likeness (QED) is 0.509. The van der Waals surface area contributed by atoms with Gasteiger partial charge in [-0.25, -0.2) is 0 Å². The number of hydrogen-bond donors (Lipinski definition) is 0. The van der Waals surface area contributed by atoms with Crippen molar-refractivity contribution in [3.8, 4) is 23.0 Å². The van der Waals surface area contributed by atoms with E-state index in [-0.39, 0.29) is 19.0 Å². The zero-order chi connectivity index (χ0) is 21.9. The van der Waals surface area contributed by atoms with E-state index in [1.807, 2.05) is 0 Å². The van der Waals surface area contributed by atoms with E-state index in [0.717, 1.165) is 0 Å². The van der Waals surface area contributed by atoms with Gasteiger partial charge in [0.25, 0.3) is 0 Å². The van der Waals surface area contributed by atoms with Crippen molar-refractivity contribution in [3.63, 3.8) is 0 Å². The third-order valence-corrected chi connectivity index (χ3v) is 7.47. The molecule has 2 aromatic carbocycles. The first-order valence-corrected chi connectivity index (χ1v) is 10.7. The number of fused-ring (bicyclic) bond motifs is 2. The fourth-order valence-corrected chi connectivity index (χ4v) is 4.44. The van der Waals surface area contributed by atoms with Crippen LogP contribution in [0.15, 0.2) is 0 Å². The third kappa shape index (κ3) is 3.27. The summed E-state index contributed by atoms with van der Waals surface area (Å²) in [6.07, 6.45) is -1.76. The second-order valence-electron chi connectivity index (χ2n) is 7.31. The molecular formula is C21H18Cl4O5. The predicted molar refractivity (Wildman–Crippen MR) is 117 cm³/mol. The number of Topliss-reactive ketones (excluding diaryl/α,β-unsaturated/α-hetero) is 1. The van der Waals surface area contributed by atoms with Gasteiger partial charge in [-0.2, -0.15) is 0 Å². The fourth-order valence-electron chi connectivity index (χ4n) is 3.53. The standard InChI is InChI=1S/C21H18Cl4O5/c1-7-13(22)15(24)9(3)20-18(7)27-5-11(29-20)17(26)12-6-28-19-8(2)14(23)16(25)10(4)21(19)30-12/h11-12H,5-6H2,1-4H3. The number of carbonyl (C=O) groups is 1. The Labute approximate surface area is 194 Å². The molecule has 4 rings (SSSR count). The van der Waals surface area contributed by atoms with E-state index >= 15 is 0 Å². The van der Waals surface area contributed by atoms with Gasteiger partial charge in [0.1, 0.15) is 13.2 Å². The number of halogens is 4. The van der Waals surface area contributed by atoms with Crippen LogP contribution in [0, 0.1) is 27.7 Å². The highest BCUT2D eigenvalue weighted by Gasteiger charge is 2.39. The molecule has 2 aliphatic heterocycles. The summed E-state index contributed by atoms with van der Waals surface area (Å²) in [5.41, 5.74) is 2.55. The maximum absolute atomic E-state index is 13.1. The Morgan fingerprint density at radius 3 is 1.27 bits per heavy atom. The van der Waals surface area contributed by atoms with E-state index in [1.54, 1.807) is 27.7 Å². The molecule has 0 aromatic heterocycles. The smallest absolute Gasteiger partial charge is 0.220 e. The molecule has 0 saturated carbocycles. The molecule has 2 aliphatic rings. The van der Waals surface area contributed by atoms with Crippen LogP contribution in [0.5, 0.6) is 23.0 Å². The largest absolute Gasteiger partial charge is 0.485 e. The van der Waals surface area contributed by atoms with Crippen molar-refractivity contribution in [2.45, 2.75) is 39.9 Å². The summed E-state index contributed by atoms with van der Waals surface area (Å²) >= 11 is 25.1. The van der Waals surface area contributed by atoms with E-state index in [4.69, 9.17) is 65.4 Å². The van der Waals surface area contributed by atoms with Gasteiger partial charge in [-0.15, -0.1) is 0 Å². The van der Waals surface area contributed by atoms with Crippen LogP contribution < -0.4 is 18.9 Å². The van der Waals surface area contributed by atoms with Gasteiger partial charge in [-0.3, -0.25) is 4.79 Å². The van der Waals surface area contributed by atoms with Gasteiger partial charge >= 0.3 is 0 Å². The number of ketones is 1. The van der Waals surface area contributed by atoms with Gasteiger partial charge < -0.3 is 18.9 Å². The van der Waals surface area contributed by atoms with Crippen molar-refractivity contribution in [2.24, 2.45) is 0 Å². The fraction of sp³-hybridized carbons (Fsp3) is 0.381. The number of benzene rings is 2. The Bertz CT molecular complexity index is 999. The third-order valence-electron chi connectivity index (χ3n) is 5.39. The molecule has 0 saturated heterocycles. The molecule has 2 aromatic rings. The Morgan fingerprint density at radius 2 is 0.933 bits per heavy atom. The van der Waals surface area contributed by atoms with E-state index in [0.29, 0.717) is 65.3 Å². The molecule has 30 heavy (non-hydrogen) atoms. The van der Waals surface area contributed by atoms with Crippen LogP contribution in [0.1, 0.15) is 22.3 Å². The highest BCUT2D eigenvalue weighted by atomic mass is 35.5. The second kappa shape index (κ2) is 7.86. The van der Waals surface area contributed by atoms with Gasteiger partial charge in [0.15, 0.2) is 35.2 Å². The zero-order valence-electron chi connectivity index (χ0n) is 16.6. The van der Waals surface area contributed by atoms with Gasteiger partial charge in [0.2, 0.25) is 5.78 Å². The normalized spacial score (nSPS) is 19.6. The van der Waals surface area contributed by atoms with Gasteiger partial charge in [0.05, 0.1) is 20.1 Å². The maximum Gasteiger partial charge on any atom is 0.220 e. The minimum Gasteiger partial charge on any atom is -0.485 e. The molecule has 2 unspecified atom stereocenters.